The van der Waals surface area contributed by atoms with Crippen LogP contribution >= 0.6 is 11.8 Å². The number of carbonyl (C=O) groups is 2. The normalized spacial score (nSPS) is 14.5. The van der Waals surface area contributed by atoms with Crippen LogP contribution in [-0.2, 0) is 9.59 Å². The Hall–Kier alpha value is -3.13. The summed E-state index contributed by atoms with van der Waals surface area (Å²) >= 11 is 1.30. The van der Waals surface area contributed by atoms with Crippen molar-refractivity contribution in [1.29, 1.82) is 0 Å². The first-order valence-electron chi connectivity index (χ1n) is 7.62. The molecule has 0 radical (unpaired) electrons. The summed E-state index contributed by atoms with van der Waals surface area (Å²) in [4.78, 5) is 35.2. The smallest absolute Gasteiger partial charge is 0.312 e. The maximum Gasteiger partial charge on any atom is 0.312 e. The van der Waals surface area contributed by atoms with Gasteiger partial charge in [0.1, 0.15) is 0 Å². The Balaban J connectivity index is 1.96. The number of ether oxygens (including phenoxy) is 1. The average Bonchev–Trinajstić information content (AvgIpc) is 2.56. The average molecular weight is 370 g/mol. The number of hydrogen-bond donors (Lipinski definition) is 1. The molecule has 0 unspecified atom stereocenters. The van der Waals surface area contributed by atoms with Gasteiger partial charge in [0.25, 0.3) is 5.91 Å². The molecular weight excluding hydrogens is 356 g/mol. The van der Waals surface area contributed by atoms with Gasteiger partial charge < -0.3 is 10.1 Å². The van der Waals surface area contributed by atoms with E-state index in [1.54, 1.807) is 12.1 Å². The highest BCUT2D eigenvalue weighted by Gasteiger charge is 2.22. The van der Waals surface area contributed by atoms with Crippen LogP contribution in [0.1, 0.15) is 18.1 Å². The van der Waals surface area contributed by atoms with Crippen LogP contribution in [0, 0.1) is 17.0 Å². The fraction of sp³-hybridized carbons (Fsp3) is 0.111. The SMILES string of the molecule is CC(=O)Oc1ccc(/C=C2\Sc3cc(C)ccc3NC2=O)cc1[N+](=O)[O-]. The van der Waals surface area contributed by atoms with Crippen LogP contribution in [-0.4, -0.2) is 16.8 Å². The zero-order chi connectivity index (χ0) is 18.8. The number of aryl methyl sites for hydroxylation is 1. The molecule has 0 saturated heterocycles. The Bertz CT molecular complexity index is 968. The third-order valence-corrected chi connectivity index (χ3v) is 4.64. The predicted molar refractivity (Wildman–Crippen MR) is 98.0 cm³/mol. The lowest BCUT2D eigenvalue weighted by Crippen LogP contribution is -2.17. The van der Waals surface area contributed by atoms with Crippen molar-refractivity contribution in [1.82, 2.24) is 0 Å². The monoisotopic (exact) mass is 370 g/mol. The quantitative estimate of drug-likeness (QED) is 0.289. The van der Waals surface area contributed by atoms with Crippen molar-refractivity contribution >= 4 is 41.1 Å². The van der Waals surface area contributed by atoms with Gasteiger partial charge in [-0.05, 0) is 42.3 Å². The van der Waals surface area contributed by atoms with Crippen LogP contribution in [0.5, 0.6) is 5.75 Å². The van der Waals surface area contributed by atoms with E-state index in [4.69, 9.17) is 4.74 Å². The molecule has 0 saturated carbocycles. The van der Waals surface area contributed by atoms with Gasteiger partial charge in [0, 0.05) is 17.9 Å². The molecule has 1 N–H and O–H groups in total. The van der Waals surface area contributed by atoms with E-state index in [1.807, 2.05) is 25.1 Å². The summed E-state index contributed by atoms with van der Waals surface area (Å²) in [5.74, 6) is -1.06. The maximum absolute atomic E-state index is 12.3. The maximum atomic E-state index is 12.3. The van der Waals surface area contributed by atoms with Crippen molar-refractivity contribution in [3.8, 4) is 5.75 Å². The Morgan fingerprint density at radius 2 is 2.04 bits per heavy atom. The molecule has 7 nitrogen and oxygen atoms in total. The molecule has 0 fully saturated rings. The summed E-state index contributed by atoms with van der Waals surface area (Å²) in [6, 6.07) is 9.87. The summed E-state index contributed by atoms with van der Waals surface area (Å²) in [6.45, 7) is 3.12. The van der Waals surface area contributed by atoms with Gasteiger partial charge in [0.05, 0.1) is 15.5 Å². The fourth-order valence-electron chi connectivity index (χ4n) is 2.42. The molecule has 26 heavy (non-hydrogen) atoms. The minimum Gasteiger partial charge on any atom is -0.419 e. The molecule has 0 aromatic heterocycles. The largest absolute Gasteiger partial charge is 0.419 e. The standard InChI is InChI=1S/C18H14N2O5S/c1-10-3-5-13-16(7-10)26-17(18(22)19-13)9-12-4-6-15(25-11(2)21)14(8-12)20(23)24/h3-9H,1-2H3,(H,19,22)/b17-9-. The lowest BCUT2D eigenvalue weighted by Gasteiger charge is -2.19. The first-order chi connectivity index (χ1) is 12.3. The first kappa shape index (κ1) is 17.7. The highest BCUT2D eigenvalue weighted by atomic mass is 32.2. The number of hydrogen-bond acceptors (Lipinski definition) is 6. The fourth-order valence-corrected chi connectivity index (χ4v) is 3.47. The van der Waals surface area contributed by atoms with Crippen molar-refractivity contribution in [2.24, 2.45) is 0 Å². The van der Waals surface area contributed by atoms with Crippen molar-refractivity contribution in [2.45, 2.75) is 18.7 Å². The minimum atomic E-state index is -0.645. The number of benzene rings is 2. The van der Waals surface area contributed by atoms with E-state index in [1.165, 1.54) is 30.8 Å². The molecular formula is C18H14N2O5S. The summed E-state index contributed by atoms with van der Waals surface area (Å²) in [5.41, 5.74) is 1.92. The highest BCUT2D eigenvalue weighted by molar-refractivity contribution is 8.04. The molecule has 0 aliphatic carbocycles. The lowest BCUT2D eigenvalue weighted by molar-refractivity contribution is -0.385. The molecule has 2 aromatic rings. The second-order valence-corrected chi connectivity index (χ2v) is 6.73. The highest BCUT2D eigenvalue weighted by Crippen LogP contribution is 2.40. The van der Waals surface area contributed by atoms with E-state index in [-0.39, 0.29) is 17.3 Å². The van der Waals surface area contributed by atoms with Gasteiger partial charge in [0.15, 0.2) is 0 Å². The van der Waals surface area contributed by atoms with E-state index >= 15 is 0 Å². The molecule has 1 aliphatic rings. The van der Waals surface area contributed by atoms with Crippen LogP contribution in [0.2, 0.25) is 0 Å². The van der Waals surface area contributed by atoms with Crippen molar-refractivity contribution < 1.29 is 19.2 Å². The van der Waals surface area contributed by atoms with Crippen molar-refractivity contribution in [3.05, 3.63) is 62.5 Å². The third kappa shape index (κ3) is 3.75. The Kier molecular flexibility index (Phi) is 4.77. The van der Waals surface area contributed by atoms with Gasteiger partial charge in [-0.2, -0.15) is 0 Å². The zero-order valence-corrected chi connectivity index (χ0v) is 14.8. The molecule has 0 atom stereocenters. The number of nitrogens with zero attached hydrogens (tertiary/aromatic N) is 1. The number of nitro groups is 1. The van der Waals surface area contributed by atoms with Crippen LogP contribution < -0.4 is 10.1 Å². The molecule has 2 aromatic carbocycles. The zero-order valence-electron chi connectivity index (χ0n) is 13.9. The molecule has 1 heterocycles. The second kappa shape index (κ2) is 7.01. The van der Waals surface area contributed by atoms with Crippen molar-refractivity contribution in [3.63, 3.8) is 0 Å². The van der Waals surface area contributed by atoms with Gasteiger partial charge in [-0.25, -0.2) is 0 Å². The van der Waals surface area contributed by atoms with Crippen LogP contribution in [0.4, 0.5) is 11.4 Å². The molecule has 132 valence electrons. The van der Waals surface area contributed by atoms with Crippen LogP contribution in [0.25, 0.3) is 6.08 Å². The van der Waals surface area contributed by atoms with Gasteiger partial charge in [-0.3, -0.25) is 19.7 Å². The number of fused-ring (bicyclic) bond motifs is 1. The molecule has 0 spiro atoms. The lowest BCUT2D eigenvalue weighted by atomic mass is 10.1. The molecule has 0 bridgehead atoms. The van der Waals surface area contributed by atoms with Crippen molar-refractivity contribution in [2.75, 3.05) is 5.32 Å². The Morgan fingerprint density at radius 3 is 2.73 bits per heavy atom. The predicted octanol–water partition coefficient (Wildman–Crippen LogP) is 3.91. The Morgan fingerprint density at radius 1 is 1.27 bits per heavy atom. The van der Waals surface area contributed by atoms with E-state index in [0.717, 1.165) is 16.1 Å². The van der Waals surface area contributed by atoms with E-state index in [9.17, 15) is 19.7 Å². The Labute approximate surface area is 153 Å². The number of nitro benzene ring substituents is 1. The van der Waals surface area contributed by atoms with Gasteiger partial charge in [-0.15, -0.1) is 0 Å². The number of nitrogens with one attached hydrogen (secondary N) is 1. The topological polar surface area (TPSA) is 98.5 Å². The number of carbonyl (C=O) groups excluding carboxylic acids is 2. The summed E-state index contributed by atoms with van der Waals surface area (Å²) in [7, 11) is 0. The van der Waals surface area contributed by atoms with Gasteiger partial charge >= 0.3 is 11.7 Å². The first-order valence-corrected chi connectivity index (χ1v) is 8.43. The summed E-state index contributed by atoms with van der Waals surface area (Å²) in [6.07, 6.45) is 1.57. The molecule has 1 amide bonds. The third-order valence-electron chi connectivity index (χ3n) is 3.56. The number of rotatable bonds is 3. The molecule has 8 heteroatoms. The molecule has 3 rings (SSSR count). The van der Waals surface area contributed by atoms with E-state index < -0.39 is 10.9 Å². The summed E-state index contributed by atoms with van der Waals surface area (Å²) < 4.78 is 4.85. The van der Waals surface area contributed by atoms with Gasteiger partial charge in [-0.1, -0.05) is 23.9 Å². The second-order valence-electron chi connectivity index (χ2n) is 5.64. The van der Waals surface area contributed by atoms with Gasteiger partial charge in [0.2, 0.25) is 5.75 Å². The van der Waals surface area contributed by atoms with E-state index in [0.29, 0.717) is 10.5 Å². The van der Waals surface area contributed by atoms with E-state index in [2.05, 4.69) is 5.32 Å². The van der Waals surface area contributed by atoms with Crippen LogP contribution in [0.15, 0.2) is 46.2 Å². The molecule has 1 aliphatic heterocycles. The number of anilines is 1. The summed E-state index contributed by atoms with van der Waals surface area (Å²) in [5, 5.41) is 14.0. The number of esters is 1. The number of thioether (sulfide) groups is 1. The minimum absolute atomic E-state index is 0.133. The number of amides is 1. The van der Waals surface area contributed by atoms with Crippen LogP contribution in [0.3, 0.4) is 0 Å².